The van der Waals surface area contributed by atoms with Gasteiger partial charge in [0.25, 0.3) is 0 Å². The Bertz CT molecular complexity index is 526. The van der Waals surface area contributed by atoms with Crippen molar-refractivity contribution < 1.29 is 9.90 Å². The fraction of sp³-hybridized carbons (Fsp3) is 0.182. The number of rotatable bonds is 2. The second-order valence-corrected chi connectivity index (χ2v) is 3.59. The molecule has 2 rings (SSSR count). The number of aromatic amines is 1. The second-order valence-electron chi connectivity index (χ2n) is 3.59. The molecule has 0 fully saturated rings. The summed E-state index contributed by atoms with van der Waals surface area (Å²) in [6.07, 6.45) is 0. The predicted octanol–water partition coefficient (Wildman–Crippen LogP) is 1.79. The Morgan fingerprint density at radius 3 is 2.44 bits per heavy atom. The maximum atomic E-state index is 11.0. The number of benzene rings is 1. The Morgan fingerprint density at radius 1 is 1.25 bits per heavy atom. The maximum absolute atomic E-state index is 11.0. The van der Waals surface area contributed by atoms with Gasteiger partial charge in [0.2, 0.25) is 0 Å². The molecular weight excluding hydrogens is 206 g/mol. The average Bonchev–Trinajstić information content (AvgIpc) is 2.66. The van der Waals surface area contributed by atoms with E-state index < -0.39 is 5.97 Å². The first-order valence-corrected chi connectivity index (χ1v) is 4.82. The molecule has 0 unspecified atom stereocenters. The molecule has 0 bridgehead atoms. The lowest BCUT2D eigenvalue weighted by Gasteiger charge is -2.06. The zero-order valence-corrected chi connectivity index (χ0v) is 8.98. The molecule has 5 heteroatoms. The van der Waals surface area contributed by atoms with Gasteiger partial charge in [-0.3, -0.25) is 0 Å². The molecule has 0 atom stereocenters. The van der Waals surface area contributed by atoms with Gasteiger partial charge in [-0.2, -0.15) is 10.3 Å². The van der Waals surface area contributed by atoms with Crippen molar-refractivity contribution in [1.82, 2.24) is 15.4 Å². The molecule has 2 N–H and O–H groups in total. The van der Waals surface area contributed by atoms with Gasteiger partial charge in [0.05, 0.1) is 0 Å². The predicted molar refractivity (Wildman–Crippen MR) is 58.3 cm³/mol. The number of nitrogens with zero attached hydrogens (tertiary/aromatic N) is 2. The number of carboxylic acid groups (broad SMARTS) is 1. The SMILES string of the molecule is Cc1cccc(C)c1-c1n[nH]nc1C(=O)O. The van der Waals surface area contributed by atoms with Crippen LogP contribution in [0.15, 0.2) is 18.2 Å². The van der Waals surface area contributed by atoms with Crippen LogP contribution in [-0.4, -0.2) is 26.5 Å². The summed E-state index contributed by atoms with van der Waals surface area (Å²) in [6.45, 7) is 3.84. The van der Waals surface area contributed by atoms with Gasteiger partial charge in [-0.15, -0.1) is 5.10 Å². The molecule has 1 aromatic heterocycles. The lowest BCUT2D eigenvalue weighted by molar-refractivity contribution is 0.0691. The summed E-state index contributed by atoms with van der Waals surface area (Å²) >= 11 is 0. The summed E-state index contributed by atoms with van der Waals surface area (Å²) in [5, 5.41) is 18.9. The molecule has 0 aliphatic rings. The highest BCUT2D eigenvalue weighted by molar-refractivity contribution is 5.93. The first-order chi connectivity index (χ1) is 7.61. The van der Waals surface area contributed by atoms with Crippen molar-refractivity contribution in [2.24, 2.45) is 0 Å². The third kappa shape index (κ3) is 1.56. The zero-order chi connectivity index (χ0) is 11.7. The Kier molecular flexibility index (Phi) is 2.44. The van der Waals surface area contributed by atoms with E-state index in [-0.39, 0.29) is 5.69 Å². The van der Waals surface area contributed by atoms with Crippen LogP contribution in [0.3, 0.4) is 0 Å². The minimum absolute atomic E-state index is 0.0441. The van der Waals surface area contributed by atoms with Crippen LogP contribution in [0.4, 0.5) is 0 Å². The quantitative estimate of drug-likeness (QED) is 0.803. The number of aromatic nitrogens is 3. The van der Waals surface area contributed by atoms with Gasteiger partial charge in [-0.05, 0) is 25.0 Å². The summed E-state index contributed by atoms with van der Waals surface area (Å²) in [4.78, 5) is 11.0. The number of nitrogens with one attached hydrogen (secondary N) is 1. The smallest absolute Gasteiger partial charge is 0.358 e. The zero-order valence-electron chi connectivity index (χ0n) is 8.98. The molecule has 1 aromatic carbocycles. The van der Waals surface area contributed by atoms with E-state index in [2.05, 4.69) is 15.4 Å². The molecule has 0 saturated carbocycles. The van der Waals surface area contributed by atoms with E-state index in [1.165, 1.54) is 0 Å². The van der Waals surface area contributed by atoms with Crippen molar-refractivity contribution in [3.8, 4) is 11.3 Å². The van der Waals surface area contributed by atoms with Crippen LogP contribution >= 0.6 is 0 Å². The van der Waals surface area contributed by atoms with E-state index in [4.69, 9.17) is 5.11 Å². The third-order valence-electron chi connectivity index (χ3n) is 2.47. The Hall–Kier alpha value is -2.17. The first kappa shape index (κ1) is 10.4. The third-order valence-corrected chi connectivity index (χ3v) is 2.47. The van der Waals surface area contributed by atoms with Gasteiger partial charge in [-0.25, -0.2) is 4.79 Å². The van der Waals surface area contributed by atoms with Crippen LogP contribution in [0, 0.1) is 13.8 Å². The second kappa shape index (κ2) is 3.77. The van der Waals surface area contributed by atoms with E-state index in [1.807, 2.05) is 32.0 Å². The number of hydrogen-bond acceptors (Lipinski definition) is 3. The minimum Gasteiger partial charge on any atom is -0.476 e. The number of carbonyl (C=O) groups is 1. The lowest BCUT2D eigenvalue weighted by Crippen LogP contribution is -2.01. The highest BCUT2D eigenvalue weighted by Crippen LogP contribution is 2.26. The van der Waals surface area contributed by atoms with E-state index in [0.717, 1.165) is 16.7 Å². The largest absolute Gasteiger partial charge is 0.476 e. The van der Waals surface area contributed by atoms with E-state index >= 15 is 0 Å². The molecule has 0 saturated heterocycles. The molecule has 0 aliphatic carbocycles. The molecule has 5 nitrogen and oxygen atoms in total. The van der Waals surface area contributed by atoms with Crippen molar-refractivity contribution in [3.05, 3.63) is 35.0 Å². The summed E-state index contributed by atoms with van der Waals surface area (Å²) in [6, 6.07) is 5.76. The average molecular weight is 217 g/mol. The van der Waals surface area contributed by atoms with E-state index in [1.54, 1.807) is 0 Å². The number of hydrogen-bond donors (Lipinski definition) is 2. The van der Waals surface area contributed by atoms with Crippen LogP contribution in [-0.2, 0) is 0 Å². The highest BCUT2D eigenvalue weighted by atomic mass is 16.4. The topological polar surface area (TPSA) is 78.9 Å². The van der Waals surface area contributed by atoms with Gasteiger partial charge in [0.15, 0.2) is 5.69 Å². The van der Waals surface area contributed by atoms with Crippen molar-refractivity contribution in [3.63, 3.8) is 0 Å². The highest BCUT2D eigenvalue weighted by Gasteiger charge is 2.19. The van der Waals surface area contributed by atoms with Crippen LogP contribution < -0.4 is 0 Å². The van der Waals surface area contributed by atoms with Gasteiger partial charge in [0, 0.05) is 5.56 Å². The Balaban J connectivity index is 2.68. The fourth-order valence-corrected chi connectivity index (χ4v) is 1.74. The van der Waals surface area contributed by atoms with Crippen LogP contribution in [0.25, 0.3) is 11.3 Å². The molecule has 0 aliphatic heterocycles. The van der Waals surface area contributed by atoms with E-state index in [9.17, 15) is 4.79 Å². The van der Waals surface area contributed by atoms with Crippen molar-refractivity contribution in [2.45, 2.75) is 13.8 Å². The number of H-pyrrole nitrogens is 1. The molecule has 1 heterocycles. The summed E-state index contributed by atoms with van der Waals surface area (Å²) in [5.41, 5.74) is 3.14. The monoisotopic (exact) mass is 217 g/mol. The molecule has 2 aromatic rings. The molecular formula is C11H11N3O2. The minimum atomic E-state index is -1.08. The van der Waals surface area contributed by atoms with Crippen LogP contribution in [0.1, 0.15) is 21.6 Å². The molecule has 0 radical (unpaired) electrons. The van der Waals surface area contributed by atoms with Crippen molar-refractivity contribution >= 4 is 5.97 Å². The van der Waals surface area contributed by atoms with E-state index in [0.29, 0.717) is 5.69 Å². The summed E-state index contributed by atoms with van der Waals surface area (Å²) < 4.78 is 0. The van der Waals surface area contributed by atoms with Crippen molar-refractivity contribution in [2.75, 3.05) is 0 Å². The van der Waals surface area contributed by atoms with Crippen molar-refractivity contribution in [1.29, 1.82) is 0 Å². The maximum Gasteiger partial charge on any atom is 0.358 e. The fourth-order valence-electron chi connectivity index (χ4n) is 1.74. The standard InChI is InChI=1S/C11H11N3O2/c1-6-4-3-5-7(2)8(6)9-10(11(15)16)13-14-12-9/h3-5H,1-2H3,(H,15,16)(H,12,13,14). The van der Waals surface area contributed by atoms with Gasteiger partial charge >= 0.3 is 5.97 Å². The molecule has 0 amide bonds. The number of aromatic carboxylic acids is 1. The van der Waals surface area contributed by atoms with Gasteiger partial charge in [-0.1, -0.05) is 18.2 Å². The summed E-state index contributed by atoms with van der Waals surface area (Å²) in [7, 11) is 0. The molecule has 0 spiro atoms. The summed E-state index contributed by atoms with van der Waals surface area (Å²) in [5.74, 6) is -1.08. The first-order valence-electron chi connectivity index (χ1n) is 4.82. The van der Waals surface area contributed by atoms with Gasteiger partial charge in [0.1, 0.15) is 5.69 Å². The van der Waals surface area contributed by atoms with Crippen LogP contribution in [0.5, 0.6) is 0 Å². The Morgan fingerprint density at radius 2 is 1.88 bits per heavy atom. The molecule has 82 valence electrons. The number of carboxylic acids is 1. The Labute approximate surface area is 92.1 Å². The van der Waals surface area contributed by atoms with Gasteiger partial charge < -0.3 is 5.11 Å². The van der Waals surface area contributed by atoms with Crippen LogP contribution in [0.2, 0.25) is 0 Å². The number of aryl methyl sites for hydroxylation is 2. The molecule has 16 heavy (non-hydrogen) atoms. The lowest BCUT2D eigenvalue weighted by atomic mass is 9.99. The normalized spacial score (nSPS) is 10.4.